The summed E-state index contributed by atoms with van der Waals surface area (Å²) in [5, 5.41) is 9.20. The normalized spacial score (nSPS) is 10.5. The van der Waals surface area contributed by atoms with Gasteiger partial charge in [-0.3, -0.25) is 0 Å². The van der Waals surface area contributed by atoms with E-state index < -0.39 is 0 Å². The molecule has 2 rings (SSSR count). The second-order valence-corrected chi connectivity index (χ2v) is 3.56. The summed E-state index contributed by atoms with van der Waals surface area (Å²) in [7, 11) is 0. The van der Waals surface area contributed by atoms with Gasteiger partial charge in [0, 0.05) is 17.7 Å². The molecule has 0 saturated heterocycles. The van der Waals surface area contributed by atoms with Crippen molar-refractivity contribution in [3.8, 4) is 17.0 Å². The molecular formula is C12H14N2O. The molecule has 0 spiro atoms. The molecule has 1 aromatic carbocycles. The van der Waals surface area contributed by atoms with Gasteiger partial charge in [-0.2, -0.15) is 0 Å². The topological polar surface area (TPSA) is 48.9 Å². The minimum absolute atomic E-state index is 0.280. The lowest BCUT2D eigenvalue weighted by atomic mass is 10.1. The molecule has 1 aromatic heterocycles. The van der Waals surface area contributed by atoms with Crippen LogP contribution in [0.25, 0.3) is 11.3 Å². The number of aromatic nitrogens is 2. The van der Waals surface area contributed by atoms with Gasteiger partial charge in [0.1, 0.15) is 11.6 Å². The summed E-state index contributed by atoms with van der Waals surface area (Å²) in [6.07, 6.45) is 0.902. The van der Waals surface area contributed by atoms with Gasteiger partial charge in [-0.25, -0.2) is 4.98 Å². The van der Waals surface area contributed by atoms with Gasteiger partial charge in [-0.15, -0.1) is 0 Å². The van der Waals surface area contributed by atoms with Gasteiger partial charge in [0.2, 0.25) is 0 Å². The molecule has 1 heterocycles. The zero-order valence-corrected chi connectivity index (χ0v) is 8.91. The lowest BCUT2D eigenvalue weighted by Gasteiger charge is -1.98. The standard InChI is InChI=1S/C12H14N2O/c1-3-11-13-8(2)12(14-11)9-4-6-10(15)7-5-9/h4-7,15H,3H2,1-2H3,(H,13,14). The van der Waals surface area contributed by atoms with Gasteiger partial charge in [-0.1, -0.05) is 6.92 Å². The number of aromatic amines is 1. The van der Waals surface area contributed by atoms with E-state index in [-0.39, 0.29) is 5.75 Å². The molecule has 0 unspecified atom stereocenters. The smallest absolute Gasteiger partial charge is 0.115 e. The summed E-state index contributed by atoms with van der Waals surface area (Å²) in [5.74, 6) is 1.28. The molecule has 0 aliphatic rings. The van der Waals surface area contributed by atoms with E-state index in [9.17, 15) is 5.11 Å². The highest BCUT2D eigenvalue weighted by Crippen LogP contribution is 2.23. The SMILES string of the molecule is CCc1nc(-c2ccc(O)cc2)c(C)[nH]1. The molecule has 15 heavy (non-hydrogen) atoms. The Hall–Kier alpha value is -1.77. The molecule has 0 aliphatic heterocycles. The summed E-state index contributed by atoms with van der Waals surface area (Å²) in [5.41, 5.74) is 3.06. The van der Waals surface area contributed by atoms with Crippen LogP contribution in [0.1, 0.15) is 18.4 Å². The number of benzene rings is 1. The van der Waals surface area contributed by atoms with Crippen molar-refractivity contribution >= 4 is 0 Å². The second kappa shape index (κ2) is 3.77. The Morgan fingerprint density at radius 3 is 2.47 bits per heavy atom. The van der Waals surface area contributed by atoms with Crippen LogP contribution in [0.15, 0.2) is 24.3 Å². The number of rotatable bonds is 2. The Labute approximate surface area is 88.8 Å². The Morgan fingerprint density at radius 2 is 1.93 bits per heavy atom. The lowest BCUT2D eigenvalue weighted by molar-refractivity contribution is 0.475. The number of phenols is 1. The summed E-state index contributed by atoms with van der Waals surface area (Å²) in [4.78, 5) is 7.72. The van der Waals surface area contributed by atoms with Gasteiger partial charge < -0.3 is 10.1 Å². The van der Waals surface area contributed by atoms with Crippen LogP contribution in [0.3, 0.4) is 0 Å². The molecule has 0 aliphatic carbocycles. The molecule has 0 fully saturated rings. The van der Waals surface area contributed by atoms with Gasteiger partial charge in [-0.05, 0) is 31.2 Å². The monoisotopic (exact) mass is 202 g/mol. The first-order chi connectivity index (χ1) is 7.20. The first-order valence-electron chi connectivity index (χ1n) is 5.05. The van der Waals surface area contributed by atoms with Gasteiger partial charge in [0.05, 0.1) is 5.69 Å². The number of hydrogen-bond donors (Lipinski definition) is 2. The third-order valence-corrected chi connectivity index (χ3v) is 2.41. The highest BCUT2D eigenvalue weighted by molar-refractivity contribution is 5.62. The third kappa shape index (κ3) is 1.86. The maximum atomic E-state index is 9.20. The number of phenolic OH excluding ortho intramolecular Hbond substituents is 1. The van der Waals surface area contributed by atoms with Gasteiger partial charge in [0.15, 0.2) is 0 Å². The quantitative estimate of drug-likeness (QED) is 0.786. The minimum atomic E-state index is 0.280. The van der Waals surface area contributed by atoms with Crippen LogP contribution < -0.4 is 0 Å². The fraction of sp³-hybridized carbons (Fsp3) is 0.250. The first-order valence-corrected chi connectivity index (χ1v) is 5.05. The Bertz CT molecular complexity index is 457. The van der Waals surface area contributed by atoms with Crippen molar-refractivity contribution in [3.63, 3.8) is 0 Å². The van der Waals surface area contributed by atoms with E-state index in [0.717, 1.165) is 29.2 Å². The Kier molecular flexibility index (Phi) is 2.46. The maximum absolute atomic E-state index is 9.20. The zero-order chi connectivity index (χ0) is 10.8. The van der Waals surface area contributed by atoms with Crippen molar-refractivity contribution in [3.05, 3.63) is 35.8 Å². The van der Waals surface area contributed by atoms with Crippen molar-refractivity contribution in [1.82, 2.24) is 9.97 Å². The molecule has 0 bridgehead atoms. The maximum Gasteiger partial charge on any atom is 0.115 e. The van der Waals surface area contributed by atoms with E-state index in [4.69, 9.17) is 0 Å². The number of H-pyrrole nitrogens is 1. The molecule has 3 heteroatoms. The van der Waals surface area contributed by atoms with Crippen LogP contribution >= 0.6 is 0 Å². The van der Waals surface area contributed by atoms with E-state index in [0.29, 0.717) is 0 Å². The Balaban J connectivity index is 2.44. The third-order valence-electron chi connectivity index (χ3n) is 2.41. The van der Waals surface area contributed by atoms with E-state index >= 15 is 0 Å². The largest absolute Gasteiger partial charge is 0.508 e. The van der Waals surface area contributed by atoms with Crippen LogP contribution in [-0.4, -0.2) is 15.1 Å². The second-order valence-electron chi connectivity index (χ2n) is 3.56. The molecule has 0 amide bonds. The molecule has 0 atom stereocenters. The van der Waals surface area contributed by atoms with Crippen LogP contribution in [-0.2, 0) is 6.42 Å². The first kappa shape index (κ1) is 9.77. The molecule has 3 nitrogen and oxygen atoms in total. The summed E-state index contributed by atoms with van der Waals surface area (Å²) in [6.45, 7) is 4.08. The van der Waals surface area contributed by atoms with Gasteiger partial charge >= 0.3 is 0 Å². The van der Waals surface area contributed by atoms with E-state index in [2.05, 4.69) is 16.9 Å². The molecule has 78 valence electrons. The Morgan fingerprint density at radius 1 is 1.27 bits per heavy atom. The van der Waals surface area contributed by atoms with E-state index in [1.54, 1.807) is 12.1 Å². The van der Waals surface area contributed by atoms with Crippen molar-refractivity contribution in [2.45, 2.75) is 20.3 Å². The average molecular weight is 202 g/mol. The summed E-state index contributed by atoms with van der Waals surface area (Å²) < 4.78 is 0. The number of hydrogen-bond acceptors (Lipinski definition) is 2. The molecule has 0 radical (unpaired) electrons. The highest BCUT2D eigenvalue weighted by Gasteiger charge is 2.07. The number of imidazole rings is 1. The molecule has 2 aromatic rings. The zero-order valence-electron chi connectivity index (χ0n) is 8.91. The lowest BCUT2D eigenvalue weighted by Crippen LogP contribution is -1.82. The summed E-state index contributed by atoms with van der Waals surface area (Å²) >= 11 is 0. The van der Waals surface area contributed by atoms with E-state index in [1.807, 2.05) is 19.1 Å². The molecular weight excluding hydrogens is 188 g/mol. The number of nitrogens with zero attached hydrogens (tertiary/aromatic N) is 1. The van der Waals surface area contributed by atoms with E-state index in [1.165, 1.54) is 0 Å². The van der Waals surface area contributed by atoms with Crippen molar-refractivity contribution in [1.29, 1.82) is 0 Å². The molecule has 0 saturated carbocycles. The minimum Gasteiger partial charge on any atom is -0.508 e. The fourth-order valence-electron chi connectivity index (χ4n) is 1.59. The molecule has 2 N–H and O–H groups in total. The van der Waals surface area contributed by atoms with Crippen LogP contribution in [0, 0.1) is 6.92 Å². The highest BCUT2D eigenvalue weighted by atomic mass is 16.3. The van der Waals surface area contributed by atoms with Crippen molar-refractivity contribution in [2.24, 2.45) is 0 Å². The average Bonchev–Trinajstić information content (AvgIpc) is 2.61. The number of nitrogens with one attached hydrogen (secondary N) is 1. The van der Waals surface area contributed by atoms with Crippen LogP contribution in [0.4, 0.5) is 0 Å². The predicted molar refractivity (Wildman–Crippen MR) is 59.8 cm³/mol. The number of aromatic hydroxyl groups is 1. The van der Waals surface area contributed by atoms with Crippen LogP contribution in [0.2, 0.25) is 0 Å². The predicted octanol–water partition coefficient (Wildman–Crippen LogP) is 2.65. The van der Waals surface area contributed by atoms with Gasteiger partial charge in [0.25, 0.3) is 0 Å². The summed E-state index contributed by atoms with van der Waals surface area (Å²) in [6, 6.07) is 7.10. The number of aryl methyl sites for hydroxylation is 2. The van der Waals surface area contributed by atoms with Crippen molar-refractivity contribution < 1.29 is 5.11 Å². The van der Waals surface area contributed by atoms with Crippen LogP contribution in [0.5, 0.6) is 5.75 Å². The fourth-order valence-corrected chi connectivity index (χ4v) is 1.59. The van der Waals surface area contributed by atoms with Crippen molar-refractivity contribution in [2.75, 3.05) is 0 Å².